The van der Waals surface area contributed by atoms with E-state index in [1.54, 1.807) is 36.4 Å². The van der Waals surface area contributed by atoms with Crippen molar-refractivity contribution >= 4 is 29.5 Å². The van der Waals surface area contributed by atoms with E-state index in [-0.39, 0.29) is 5.57 Å². The summed E-state index contributed by atoms with van der Waals surface area (Å²) in [5, 5.41) is 1.23. The molecule has 1 heterocycles. The SMILES string of the molecule is CCc1ccc(N2NC(=O)C(=Cc3cccc(OC(C)=O)c3)C2=O)cc1. The number of hydrogen-bond donors (Lipinski definition) is 1. The normalized spacial score (nSPS) is 15.3. The summed E-state index contributed by atoms with van der Waals surface area (Å²) in [4.78, 5) is 35.9. The van der Waals surface area contributed by atoms with Gasteiger partial charge in [0.25, 0.3) is 11.8 Å². The molecule has 1 aliphatic heterocycles. The van der Waals surface area contributed by atoms with Crippen LogP contribution in [0, 0.1) is 0 Å². The molecule has 0 aromatic heterocycles. The molecule has 2 amide bonds. The number of rotatable bonds is 4. The number of carbonyl (C=O) groups excluding carboxylic acids is 3. The summed E-state index contributed by atoms with van der Waals surface area (Å²) >= 11 is 0. The first kappa shape index (κ1) is 17.4. The Morgan fingerprint density at radius 2 is 1.88 bits per heavy atom. The molecular weight excluding hydrogens is 332 g/mol. The maximum atomic E-state index is 12.6. The first-order valence-corrected chi connectivity index (χ1v) is 8.22. The molecule has 0 unspecified atom stereocenters. The van der Waals surface area contributed by atoms with E-state index in [2.05, 4.69) is 5.43 Å². The van der Waals surface area contributed by atoms with Gasteiger partial charge in [0, 0.05) is 6.92 Å². The summed E-state index contributed by atoms with van der Waals surface area (Å²) in [7, 11) is 0. The third-order valence-electron chi connectivity index (χ3n) is 3.92. The number of hydrogen-bond acceptors (Lipinski definition) is 4. The highest BCUT2D eigenvalue weighted by atomic mass is 16.5. The Kier molecular flexibility index (Phi) is 4.84. The van der Waals surface area contributed by atoms with E-state index in [4.69, 9.17) is 4.74 Å². The molecule has 0 atom stereocenters. The Hall–Kier alpha value is -3.41. The molecule has 0 radical (unpaired) electrons. The van der Waals surface area contributed by atoms with Gasteiger partial charge in [-0.05, 0) is 47.9 Å². The van der Waals surface area contributed by atoms with Crippen LogP contribution in [0.4, 0.5) is 5.69 Å². The van der Waals surface area contributed by atoms with E-state index in [0.29, 0.717) is 17.0 Å². The molecule has 132 valence electrons. The van der Waals surface area contributed by atoms with Crippen molar-refractivity contribution in [2.75, 3.05) is 5.01 Å². The van der Waals surface area contributed by atoms with Crippen molar-refractivity contribution in [3.63, 3.8) is 0 Å². The molecule has 0 aliphatic carbocycles. The summed E-state index contributed by atoms with van der Waals surface area (Å²) < 4.78 is 5.02. The van der Waals surface area contributed by atoms with Crippen molar-refractivity contribution in [2.24, 2.45) is 0 Å². The van der Waals surface area contributed by atoms with Crippen molar-refractivity contribution in [1.82, 2.24) is 5.43 Å². The number of carbonyl (C=O) groups is 3. The molecule has 6 nitrogen and oxygen atoms in total. The van der Waals surface area contributed by atoms with E-state index in [9.17, 15) is 14.4 Å². The van der Waals surface area contributed by atoms with Gasteiger partial charge in [-0.25, -0.2) is 5.01 Å². The summed E-state index contributed by atoms with van der Waals surface area (Å²) in [6, 6.07) is 14.0. The lowest BCUT2D eigenvalue weighted by Crippen LogP contribution is -2.35. The van der Waals surface area contributed by atoms with Gasteiger partial charge in [-0.1, -0.05) is 31.2 Å². The zero-order chi connectivity index (χ0) is 18.7. The predicted molar refractivity (Wildman–Crippen MR) is 97.2 cm³/mol. The van der Waals surface area contributed by atoms with Gasteiger partial charge in [-0.15, -0.1) is 0 Å². The average Bonchev–Trinajstić information content (AvgIpc) is 2.90. The topological polar surface area (TPSA) is 75.7 Å². The number of amides is 2. The van der Waals surface area contributed by atoms with Crippen LogP contribution in [0.3, 0.4) is 0 Å². The van der Waals surface area contributed by atoms with Gasteiger partial charge in [-0.3, -0.25) is 19.8 Å². The number of nitrogens with one attached hydrogen (secondary N) is 1. The van der Waals surface area contributed by atoms with E-state index in [1.807, 2.05) is 19.1 Å². The highest BCUT2D eigenvalue weighted by molar-refractivity contribution is 6.31. The summed E-state index contributed by atoms with van der Waals surface area (Å²) in [5.41, 5.74) is 4.91. The van der Waals surface area contributed by atoms with Gasteiger partial charge in [0.2, 0.25) is 0 Å². The van der Waals surface area contributed by atoms with Crippen LogP contribution < -0.4 is 15.2 Å². The average molecular weight is 350 g/mol. The van der Waals surface area contributed by atoms with Crippen LogP contribution in [-0.4, -0.2) is 17.8 Å². The molecule has 1 fully saturated rings. The zero-order valence-corrected chi connectivity index (χ0v) is 14.5. The number of hydrazine groups is 1. The first-order chi connectivity index (χ1) is 12.5. The fourth-order valence-corrected chi connectivity index (χ4v) is 2.62. The smallest absolute Gasteiger partial charge is 0.308 e. The number of aryl methyl sites for hydroxylation is 1. The molecule has 1 saturated heterocycles. The second kappa shape index (κ2) is 7.23. The standard InChI is InChI=1S/C20H18N2O4/c1-3-14-7-9-16(10-8-14)22-20(25)18(19(24)21-22)12-15-5-4-6-17(11-15)26-13(2)23/h4-12H,3H2,1-2H3,(H,21,24). The lowest BCUT2D eigenvalue weighted by molar-refractivity contribution is -0.132. The number of nitrogens with zero attached hydrogens (tertiary/aromatic N) is 1. The highest BCUT2D eigenvalue weighted by Crippen LogP contribution is 2.23. The zero-order valence-electron chi connectivity index (χ0n) is 14.5. The number of anilines is 1. The Morgan fingerprint density at radius 1 is 1.15 bits per heavy atom. The van der Waals surface area contributed by atoms with Gasteiger partial charge in [0.05, 0.1) is 5.69 Å². The van der Waals surface area contributed by atoms with Crippen LogP contribution in [0.25, 0.3) is 6.08 Å². The summed E-state index contributed by atoms with van der Waals surface area (Å²) in [5.74, 6) is -1.000. The Morgan fingerprint density at radius 3 is 2.54 bits per heavy atom. The molecule has 0 bridgehead atoms. The third-order valence-corrected chi connectivity index (χ3v) is 3.92. The fourth-order valence-electron chi connectivity index (χ4n) is 2.62. The highest BCUT2D eigenvalue weighted by Gasteiger charge is 2.34. The van der Waals surface area contributed by atoms with E-state index >= 15 is 0 Å². The minimum absolute atomic E-state index is 0.0181. The lowest BCUT2D eigenvalue weighted by atomic mass is 10.1. The minimum atomic E-state index is -0.479. The second-order valence-corrected chi connectivity index (χ2v) is 5.83. The van der Waals surface area contributed by atoms with Crippen LogP contribution in [0.1, 0.15) is 25.0 Å². The van der Waals surface area contributed by atoms with Gasteiger partial charge in [0.1, 0.15) is 11.3 Å². The largest absolute Gasteiger partial charge is 0.427 e. The van der Waals surface area contributed by atoms with Gasteiger partial charge < -0.3 is 4.74 Å². The second-order valence-electron chi connectivity index (χ2n) is 5.83. The third kappa shape index (κ3) is 3.64. The summed E-state index contributed by atoms with van der Waals surface area (Å²) in [6.07, 6.45) is 2.37. The van der Waals surface area contributed by atoms with Crippen LogP contribution in [-0.2, 0) is 20.8 Å². The van der Waals surface area contributed by atoms with Crippen molar-refractivity contribution in [3.8, 4) is 5.75 Å². The molecule has 2 aromatic rings. The molecule has 3 rings (SSSR count). The minimum Gasteiger partial charge on any atom is -0.427 e. The Labute approximate surface area is 151 Å². The first-order valence-electron chi connectivity index (χ1n) is 8.22. The van der Waals surface area contributed by atoms with Crippen molar-refractivity contribution in [3.05, 3.63) is 65.2 Å². The van der Waals surface area contributed by atoms with Gasteiger partial charge in [-0.2, -0.15) is 0 Å². The van der Waals surface area contributed by atoms with Crippen molar-refractivity contribution in [1.29, 1.82) is 0 Å². The van der Waals surface area contributed by atoms with Crippen LogP contribution in [0.15, 0.2) is 54.1 Å². The lowest BCUT2D eigenvalue weighted by Gasteiger charge is -2.14. The van der Waals surface area contributed by atoms with Crippen molar-refractivity contribution in [2.45, 2.75) is 20.3 Å². The Balaban J connectivity index is 1.86. The maximum Gasteiger partial charge on any atom is 0.308 e. The maximum absolute atomic E-state index is 12.6. The predicted octanol–water partition coefficient (Wildman–Crippen LogP) is 2.64. The number of ether oxygens (including phenoxy) is 1. The number of esters is 1. The molecule has 0 saturated carbocycles. The number of benzene rings is 2. The molecule has 26 heavy (non-hydrogen) atoms. The van der Waals surface area contributed by atoms with Crippen molar-refractivity contribution < 1.29 is 19.1 Å². The van der Waals surface area contributed by atoms with E-state index in [1.165, 1.54) is 18.0 Å². The van der Waals surface area contributed by atoms with Crippen LogP contribution in [0.5, 0.6) is 5.75 Å². The van der Waals surface area contributed by atoms with Gasteiger partial charge in [0.15, 0.2) is 0 Å². The molecule has 6 heteroatoms. The van der Waals surface area contributed by atoms with E-state index in [0.717, 1.165) is 12.0 Å². The quantitative estimate of drug-likeness (QED) is 0.398. The van der Waals surface area contributed by atoms with Crippen LogP contribution >= 0.6 is 0 Å². The fraction of sp³-hybridized carbons (Fsp3) is 0.150. The molecular formula is C20H18N2O4. The Bertz CT molecular complexity index is 900. The molecule has 0 spiro atoms. The molecule has 1 N–H and O–H groups in total. The molecule has 1 aliphatic rings. The molecule has 2 aromatic carbocycles. The van der Waals surface area contributed by atoms with Crippen LogP contribution in [0.2, 0.25) is 0 Å². The van der Waals surface area contributed by atoms with E-state index < -0.39 is 17.8 Å². The monoisotopic (exact) mass is 350 g/mol. The van der Waals surface area contributed by atoms with Gasteiger partial charge >= 0.3 is 5.97 Å². The summed E-state index contributed by atoms with van der Waals surface area (Å²) in [6.45, 7) is 3.35.